The molecule has 4 nitrogen and oxygen atoms in total. The van der Waals surface area contributed by atoms with Crippen molar-refractivity contribution in [1.29, 1.82) is 0 Å². The van der Waals surface area contributed by atoms with E-state index in [0.717, 1.165) is 36.5 Å². The van der Waals surface area contributed by atoms with Gasteiger partial charge in [0.25, 0.3) is 5.91 Å². The van der Waals surface area contributed by atoms with E-state index in [9.17, 15) is 4.79 Å². The topological polar surface area (TPSA) is 38.1 Å². The smallest absolute Gasteiger partial charge is 0.261 e. The Balaban J connectivity index is 1.71. The number of aryl methyl sites for hydroxylation is 1. The second kappa shape index (κ2) is 5.96. The first-order valence-electron chi connectivity index (χ1n) is 8.25. The standard InChI is InChI=1S/C20H19N3O/c1-15-18(14-21-23(15)17-10-3-2-4-11-17)20(24)22-13-7-9-16-8-5-6-12-19(16)22/h2-6,8,10-12,14H,7,9,13H2,1H3. The summed E-state index contributed by atoms with van der Waals surface area (Å²) < 4.78 is 1.82. The van der Waals surface area contributed by atoms with Crippen molar-refractivity contribution in [3.8, 4) is 5.69 Å². The summed E-state index contributed by atoms with van der Waals surface area (Å²) in [5, 5.41) is 4.43. The van der Waals surface area contributed by atoms with Crippen molar-refractivity contribution >= 4 is 11.6 Å². The molecule has 0 saturated heterocycles. The number of para-hydroxylation sites is 2. The third-order valence-corrected chi connectivity index (χ3v) is 4.60. The highest BCUT2D eigenvalue weighted by atomic mass is 16.2. The van der Waals surface area contributed by atoms with Crippen LogP contribution in [0, 0.1) is 6.92 Å². The molecular formula is C20H19N3O. The number of carbonyl (C=O) groups is 1. The molecular weight excluding hydrogens is 298 g/mol. The van der Waals surface area contributed by atoms with Gasteiger partial charge in [0.2, 0.25) is 0 Å². The fourth-order valence-electron chi connectivity index (χ4n) is 3.34. The first kappa shape index (κ1) is 14.7. The van der Waals surface area contributed by atoms with E-state index in [1.807, 2.05) is 65.0 Å². The maximum atomic E-state index is 13.1. The molecule has 0 N–H and O–H groups in total. The maximum Gasteiger partial charge on any atom is 0.261 e. The molecule has 3 aromatic rings. The Bertz CT molecular complexity index is 883. The van der Waals surface area contributed by atoms with Crippen LogP contribution in [0.1, 0.15) is 28.0 Å². The Morgan fingerprint density at radius 2 is 1.79 bits per heavy atom. The van der Waals surface area contributed by atoms with Gasteiger partial charge in [0.15, 0.2) is 0 Å². The van der Waals surface area contributed by atoms with Gasteiger partial charge in [0.1, 0.15) is 0 Å². The summed E-state index contributed by atoms with van der Waals surface area (Å²) in [7, 11) is 0. The molecule has 24 heavy (non-hydrogen) atoms. The van der Waals surface area contributed by atoms with Crippen molar-refractivity contribution in [3.63, 3.8) is 0 Å². The number of rotatable bonds is 2. The van der Waals surface area contributed by atoms with Gasteiger partial charge in [-0.25, -0.2) is 4.68 Å². The number of fused-ring (bicyclic) bond motifs is 1. The van der Waals surface area contributed by atoms with Crippen LogP contribution in [0.4, 0.5) is 5.69 Å². The minimum absolute atomic E-state index is 0.0295. The highest BCUT2D eigenvalue weighted by molar-refractivity contribution is 6.07. The van der Waals surface area contributed by atoms with Gasteiger partial charge in [-0.3, -0.25) is 4.79 Å². The molecule has 0 bridgehead atoms. The maximum absolute atomic E-state index is 13.1. The Morgan fingerprint density at radius 3 is 2.62 bits per heavy atom. The van der Waals surface area contributed by atoms with Gasteiger partial charge in [0, 0.05) is 12.2 Å². The molecule has 0 atom stereocenters. The van der Waals surface area contributed by atoms with Crippen molar-refractivity contribution in [2.45, 2.75) is 19.8 Å². The lowest BCUT2D eigenvalue weighted by Crippen LogP contribution is -2.35. The average Bonchev–Trinajstić information content (AvgIpc) is 3.03. The monoisotopic (exact) mass is 317 g/mol. The summed E-state index contributed by atoms with van der Waals surface area (Å²) in [5.41, 5.74) is 4.77. The fourth-order valence-corrected chi connectivity index (χ4v) is 3.34. The summed E-state index contributed by atoms with van der Waals surface area (Å²) in [6.45, 7) is 2.70. The quantitative estimate of drug-likeness (QED) is 0.721. The second-order valence-electron chi connectivity index (χ2n) is 6.08. The first-order valence-corrected chi connectivity index (χ1v) is 8.25. The van der Waals surface area contributed by atoms with Gasteiger partial charge < -0.3 is 4.90 Å². The van der Waals surface area contributed by atoms with Crippen LogP contribution in [0.2, 0.25) is 0 Å². The number of carbonyl (C=O) groups excluding carboxylic acids is 1. The highest BCUT2D eigenvalue weighted by Crippen LogP contribution is 2.28. The largest absolute Gasteiger partial charge is 0.308 e. The lowest BCUT2D eigenvalue weighted by Gasteiger charge is -2.29. The van der Waals surface area contributed by atoms with Crippen molar-refractivity contribution in [1.82, 2.24) is 9.78 Å². The molecule has 4 heteroatoms. The molecule has 1 amide bonds. The summed E-state index contributed by atoms with van der Waals surface area (Å²) in [4.78, 5) is 15.0. The van der Waals surface area contributed by atoms with Gasteiger partial charge in [0.05, 0.1) is 23.1 Å². The lowest BCUT2D eigenvalue weighted by atomic mass is 10.0. The van der Waals surface area contributed by atoms with E-state index >= 15 is 0 Å². The van der Waals surface area contributed by atoms with Gasteiger partial charge in [-0.05, 0) is 43.5 Å². The fraction of sp³-hybridized carbons (Fsp3) is 0.200. The van der Waals surface area contributed by atoms with Crippen LogP contribution >= 0.6 is 0 Å². The second-order valence-corrected chi connectivity index (χ2v) is 6.08. The molecule has 0 aliphatic carbocycles. The number of aromatic nitrogens is 2. The number of nitrogens with zero attached hydrogens (tertiary/aromatic N) is 3. The minimum atomic E-state index is 0.0295. The molecule has 0 radical (unpaired) electrons. The third-order valence-electron chi connectivity index (χ3n) is 4.60. The van der Waals surface area contributed by atoms with Gasteiger partial charge in [-0.2, -0.15) is 5.10 Å². The molecule has 120 valence electrons. The predicted molar refractivity (Wildman–Crippen MR) is 94.7 cm³/mol. The van der Waals surface area contributed by atoms with Crippen molar-refractivity contribution in [3.05, 3.63) is 77.6 Å². The Morgan fingerprint density at radius 1 is 1.04 bits per heavy atom. The van der Waals surface area contributed by atoms with E-state index < -0.39 is 0 Å². The van der Waals surface area contributed by atoms with Crippen LogP contribution in [-0.2, 0) is 6.42 Å². The number of anilines is 1. The van der Waals surface area contributed by atoms with Crippen LogP contribution in [0.25, 0.3) is 5.69 Å². The molecule has 4 rings (SSSR count). The van der Waals surface area contributed by atoms with Crippen LogP contribution in [-0.4, -0.2) is 22.2 Å². The van der Waals surface area contributed by atoms with Crippen LogP contribution < -0.4 is 4.90 Å². The zero-order valence-corrected chi connectivity index (χ0v) is 13.6. The third kappa shape index (κ3) is 2.40. The van der Waals surface area contributed by atoms with Crippen LogP contribution in [0.3, 0.4) is 0 Å². The van der Waals surface area contributed by atoms with Crippen molar-refractivity contribution < 1.29 is 4.79 Å². The zero-order chi connectivity index (χ0) is 16.5. The molecule has 2 heterocycles. The van der Waals surface area contributed by atoms with E-state index in [1.54, 1.807) is 6.20 Å². The molecule has 1 aromatic heterocycles. The Labute approximate surface area is 141 Å². The number of hydrogen-bond donors (Lipinski definition) is 0. The summed E-state index contributed by atoms with van der Waals surface area (Å²) in [6.07, 6.45) is 3.71. The van der Waals surface area contributed by atoms with Crippen molar-refractivity contribution in [2.75, 3.05) is 11.4 Å². The number of hydrogen-bond acceptors (Lipinski definition) is 2. The molecule has 2 aromatic carbocycles. The number of amides is 1. The average molecular weight is 317 g/mol. The first-order chi connectivity index (χ1) is 11.8. The summed E-state index contributed by atoms with van der Waals surface area (Å²) in [6, 6.07) is 18.1. The van der Waals surface area contributed by atoms with E-state index in [-0.39, 0.29) is 5.91 Å². The van der Waals surface area contributed by atoms with Gasteiger partial charge in [-0.15, -0.1) is 0 Å². The van der Waals surface area contributed by atoms with Crippen LogP contribution in [0.15, 0.2) is 60.8 Å². The van der Waals surface area contributed by atoms with Gasteiger partial charge >= 0.3 is 0 Å². The highest BCUT2D eigenvalue weighted by Gasteiger charge is 2.26. The molecule has 1 aliphatic heterocycles. The van der Waals surface area contributed by atoms with E-state index in [0.29, 0.717) is 5.56 Å². The Kier molecular flexibility index (Phi) is 3.65. The normalized spacial score (nSPS) is 13.6. The van der Waals surface area contributed by atoms with E-state index in [4.69, 9.17) is 0 Å². The molecule has 0 unspecified atom stereocenters. The van der Waals surface area contributed by atoms with Crippen molar-refractivity contribution in [2.24, 2.45) is 0 Å². The minimum Gasteiger partial charge on any atom is -0.308 e. The summed E-state index contributed by atoms with van der Waals surface area (Å²) in [5.74, 6) is 0.0295. The molecule has 0 fully saturated rings. The lowest BCUT2D eigenvalue weighted by molar-refractivity contribution is 0.0984. The van der Waals surface area contributed by atoms with E-state index in [2.05, 4.69) is 11.2 Å². The van der Waals surface area contributed by atoms with E-state index in [1.165, 1.54) is 5.56 Å². The Hall–Kier alpha value is -2.88. The molecule has 0 spiro atoms. The summed E-state index contributed by atoms with van der Waals surface area (Å²) >= 11 is 0. The molecule has 1 aliphatic rings. The predicted octanol–water partition coefficient (Wildman–Crippen LogP) is 3.77. The SMILES string of the molecule is Cc1c(C(=O)N2CCCc3ccccc32)cnn1-c1ccccc1. The number of benzene rings is 2. The zero-order valence-electron chi connectivity index (χ0n) is 13.6. The molecule has 0 saturated carbocycles. The van der Waals surface area contributed by atoms with Gasteiger partial charge in [-0.1, -0.05) is 36.4 Å². The van der Waals surface area contributed by atoms with Crippen LogP contribution in [0.5, 0.6) is 0 Å².